The lowest BCUT2D eigenvalue weighted by molar-refractivity contribution is 0.0925. The number of likely N-dealkylation sites (N-methyl/N-ethyl adjacent to an activating group) is 1. The molecule has 1 aromatic heterocycles. The van der Waals surface area contributed by atoms with Gasteiger partial charge in [0.2, 0.25) is 0 Å². The summed E-state index contributed by atoms with van der Waals surface area (Å²) in [7, 11) is 2.06. The van der Waals surface area contributed by atoms with E-state index >= 15 is 0 Å². The van der Waals surface area contributed by atoms with Crippen LogP contribution in [0.15, 0.2) is 42.6 Å². The molecule has 0 radical (unpaired) electrons. The molecule has 4 nitrogen and oxygen atoms in total. The summed E-state index contributed by atoms with van der Waals surface area (Å²) in [4.78, 5) is 14.3. The van der Waals surface area contributed by atoms with Crippen LogP contribution in [-0.4, -0.2) is 35.0 Å². The van der Waals surface area contributed by atoms with Crippen LogP contribution in [-0.2, 0) is 13.1 Å². The van der Waals surface area contributed by atoms with Crippen molar-refractivity contribution >= 4 is 5.91 Å². The number of halogens is 1. The van der Waals surface area contributed by atoms with E-state index in [9.17, 15) is 9.18 Å². The van der Waals surface area contributed by atoms with Gasteiger partial charge in [-0.15, -0.1) is 0 Å². The first-order chi connectivity index (χ1) is 10.1. The number of aromatic nitrogens is 1. The number of nitrogens with zero attached hydrogens (tertiary/aromatic N) is 2. The molecule has 1 atom stereocenters. The van der Waals surface area contributed by atoms with Gasteiger partial charge in [0, 0.05) is 43.1 Å². The molecule has 1 aliphatic rings. The summed E-state index contributed by atoms with van der Waals surface area (Å²) < 4.78 is 15.1. The Bertz CT molecular complexity index is 635. The van der Waals surface area contributed by atoms with Crippen molar-refractivity contribution in [1.29, 1.82) is 0 Å². The fourth-order valence-corrected chi connectivity index (χ4v) is 2.66. The molecule has 0 bridgehead atoms. The summed E-state index contributed by atoms with van der Waals surface area (Å²) in [5.74, 6) is -0.500. The summed E-state index contributed by atoms with van der Waals surface area (Å²) in [5.41, 5.74) is 1.77. The van der Waals surface area contributed by atoms with Crippen molar-refractivity contribution in [1.82, 2.24) is 14.8 Å². The van der Waals surface area contributed by atoms with E-state index in [0.717, 1.165) is 13.1 Å². The zero-order valence-corrected chi connectivity index (χ0v) is 11.9. The maximum atomic E-state index is 12.8. The SMILES string of the molecule is CN1Cc2cccn2CC1CNC(=O)c1ccc(F)cc1. The number of fused-ring (bicyclic) bond motifs is 1. The molecule has 0 saturated carbocycles. The van der Waals surface area contributed by atoms with E-state index in [-0.39, 0.29) is 17.8 Å². The van der Waals surface area contributed by atoms with Crippen molar-refractivity contribution in [3.05, 3.63) is 59.7 Å². The van der Waals surface area contributed by atoms with Crippen LogP contribution in [0, 0.1) is 5.82 Å². The lowest BCUT2D eigenvalue weighted by Crippen LogP contribution is -2.47. The highest BCUT2D eigenvalue weighted by Crippen LogP contribution is 2.16. The number of benzene rings is 1. The molecular weight excluding hydrogens is 269 g/mol. The first kappa shape index (κ1) is 13.8. The first-order valence-electron chi connectivity index (χ1n) is 7.01. The van der Waals surface area contributed by atoms with Gasteiger partial charge in [-0.3, -0.25) is 9.69 Å². The molecule has 0 saturated heterocycles. The Labute approximate surface area is 123 Å². The Balaban J connectivity index is 1.60. The van der Waals surface area contributed by atoms with E-state index in [4.69, 9.17) is 0 Å². The van der Waals surface area contributed by atoms with Crippen molar-refractivity contribution in [3.8, 4) is 0 Å². The predicted octanol–water partition coefficient (Wildman–Crippen LogP) is 1.87. The Hall–Kier alpha value is -2.14. The maximum absolute atomic E-state index is 12.8. The third-order valence-electron chi connectivity index (χ3n) is 3.97. The number of carbonyl (C=O) groups is 1. The summed E-state index contributed by atoms with van der Waals surface area (Å²) >= 11 is 0. The van der Waals surface area contributed by atoms with Crippen molar-refractivity contribution in [2.24, 2.45) is 0 Å². The fraction of sp³-hybridized carbons (Fsp3) is 0.312. The van der Waals surface area contributed by atoms with Gasteiger partial charge >= 0.3 is 0 Å². The molecule has 1 aliphatic heterocycles. The molecule has 21 heavy (non-hydrogen) atoms. The lowest BCUT2D eigenvalue weighted by Gasteiger charge is -2.34. The molecular formula is C16H18FN3O. The van der Waals surface area contributed by atoms with Crippen molar-refractivity contribution in [2.75, 3.05) is 13.6 Å². The Morgan fingerprint density at radius 3 is 2.86 bits per heavy atom. The van der Waals surface area contributed by atoms with E-state index in [2.05, 4.69) is 34.1 Å². The van der Waals surface area contributed by atoms with Gasteiger partial charge in [-0.25, -0.2) is 4.39 Å². The second kappa shape index (κ2) is 5.69. The number of hydrogen-bond acceptors (Lipinski definition) is 2. The quantitative estimate of drug-likeness (QED) is 0.936. The summed E-state index contributed by atoms with van der Waals surface area (Å²) in [5, 5.41) is 2.93. The van der Waals surface area contributed by atoms with Gasteiger partial charge in [-0.2, -0.15) is 0 Å². The molecule has 0 spiro atoms. The van der Waals surface area contributed by atoms with Crippen LogP contribution in [0.4, 0.5) is 4.39 Å². The van der Waals surface area contributed by atoms with Gasteiger partial charge in [-0.05, 0) is 43.4 Å². The minimum Gasteiger partial charge on any atom is -0.350 e. The second-order valence-corrected chi connectivity index (χ2v) is 5.44. The smallest absolute Gasteiger partial charge is 0.251 e. The van der Waals surface area contributed by atoms with Crippen LogP contribution in [0.25, 0.3) is 0 Å². The average Bonchev–Trinajstić information content (AvgIpc) is 2.92. The fourth-order valence-electron chi connectivity index (χ4n) is 2.66. The van der Waals surface area contributed by atoms with Crippen molar-refractivity contribution in [2.45, 2.75) is 19.1 Å². The van der Waals surface area contributed by atoms with Crippen LogP contribution >= 0.6 is 0 Å². The van der Waals surface area contributed by atoms with Gasteiger partial charge in [0.1, 0.15) is 5.82 Å². The second-order valence-electron chi connectivity index (χ2n) is 5.44. The first-order valence-corrected chi connectivity index (χ1v) is 7.01. The van der Waals surface area contributed by atoms with Crippen LogP contribution in [0.3, 0.4) is 0 Å². The molecule has 110 valence electrons. The van der Waals surface area contributed by atoms with Crippen LogP contribution in [0.1, 0.15) is 16.1 Å². The molecule has 1 unspecified atom stereocenters. The molecule has 0 fully saturated rings. The largest absolute Gasteiger partial charge is 0.350 e. The van der Waals surface area contributed by atoms with Crippen LogP contribution in [0.2, 0.25) is 0 Å². The predicted molar refractivity (Wildman–Crippen MR) is 78.4 cm³/mol. The monoisotopic (exact) mass is 287 g/mol. The third kappa shape index (κ3) is 2.97. The number of amides is 1. The highest BCUT2D eigenvalue weighted by molar-refractivity contribution is 5.94. The van der Waals surface area contributed by atoms with Crippen LogP contribution in [0.5, 0.6) is 0 Å². The topological polar surface area (TPSA) is 37.3 Å². The highest BCUT2D eigenvalue weighted by atomic mass is 19.1. The van der Waals surface area contributed by atoms with Gasteiger partial charge in [-0.1, -0.05) is 0 Å². The highest BCUT2D eigenvalue weighted by Gasteiger charge is 2.23. The Morgan fingerprint density at radius 1 is 1.33 bits per heavy atom. The number of nitrogens with one attached hydrogen (secondary N) is 1. The number of rotatable bonds is 3. The molecule has 1 aromatic carbocycles. The average molecular weight is 287 g/mol. The van der Waals surface area contributed by atoms with E-state index in [1.54, 1.807) is 0 Å². The number of carbonyl (C=O) groups excluding carboxylic acids is 1. The van der Waals surface area contributed by atoms with Gasteiger partial charge in [0.05, 0.1) is 0 Å². The minimum absolute atomic E-state index is 0.165. The molecule has 0 aliphatic carbocycles. The van der Waals surface area contributed by atoms with Crippen molar-refractivity contribution < 1.29 is 9.18 Å². The third-order valence-corrected chi connectivity index (χ3v) is 3.97. The molecule has 5 heteroatoms. The molecule has 1 N–H and O–H groups in total. The molecule has 3 rings (SSSR count). The van der Waals surface area contributed by atoms with E-state index < -0.39 is 0 Å². The van der Waals surface area contributed by atoms with Gasteiger partial charge in [0.25, 0.3) is 5.91 Å². The van der Waals surface area contributed by atoms with E-state index in [0.29, 0.717) is 12.1 Å². The zero-order chi connectivity index (χ0) is 14.8. The zero-order valence-electron chi connectivity index (χ0n) is 11.9. The summed E-state index contributed by atoms with van der Waals surface area (Å²) in [6, 6.07) is 10.0. The summed E-state index contributed by atoms with van der Waals surface area (Å²) in [6.45, 7) is 2.32. The van der Waals surface area contributed by atoms with E-state index in [1.807, 2.05) is 6.07 Å². The van der Waals surface area contributed by atoms with Crippen LogP contribution < -0.4 is 5.32 Å². The molecule has 1 amide bonds. The summed E-state index contributed by atoms with van der Waals surface area (Å²) in [6.07, 6.45) is 2.07. The standard InChI is InChI=1S/C16H18FN3O/c1-19-10-14-3-2-8-20(14)11-15(19)9-18-16(21)12-4-6-13(17)7-5-12/h2-8,15H,9-11H2,1H3,(H,18,21). The molecule has 2 heterocycles. The Morgan fingerprint density at radius 2 is 2.10 bits per heavy atom. The van der Waals surface area contributed by atoms with Gasteiger partial charge < -0.3 is 9.88 Å². The normalized spacial score (nSPS) is 18.3. The Kier molecular flexibility index (Phi) is 3.75. The number of hydrogen-bond donors (Lipinski definition) is 1. The molecule has 2 aromatic rings. The van der Waals surface area contributed by atoms with E-state index in [1.165, 1.54) is 30.0 Å². The van der Waals surface area contributed by atoms with Gasteiger partial charge in [0.15, 0.2) is 0 Å². The maximum Gasteiger partial charge on any atom is 0.251 e. The van der Waals surface area contributed by atoms with Crippen molar-refractivity contribution in [3.63, 3.8) is 0 Å². The minimum atomic E-state index is -0.335. The lowest BCUT2D eigenvalue weighted by atomic mass is 10.1.